The third kappa shape index (κ3) is 3.41. The summed E-state index contributed by atoms with van der Waals surface area (Å²) < 4.78 is 10.7. The maximum Gasteiger partial charge on any atom is 0.237 e. The summed E-state index contributed by atoms with van der Waals surface area (Å²) >= 11 is 0. The summed E-state index contributed by atoms with van der Waals surface area (Å²) in [5, 5.41) is 13.2. The highest BCUT2D eigenvalue weighted by Crippen LogP contribution is 2.39. The maximum absolute atomic E-state index is 12.1. The van der Waals surface area contributed by atoms with Crippen LogP contribution in [0.4, 0.5) is 0 Å². The predicted molar refractivity (Wildman–Crippen MR) is 86.2 cm³/mol. The number of ether oxygens (including phenoxy) is 2. The van der Waals surface area contributed by atoms with E-state index in [0.717, 1.165) is 11.1 Å². The average molecular weight is 318 g/mol. The quantitative estimate of drug-likeness (QED) is 0.782. The fraction of sp³-hybridized carbons (Fsp3) is 0.471. The number of aliphatic hydroxyl groups is 1. The number of β-amino-alcohol motifs (C(OH)–C–C–N with tert-alkyl or cyclic N) is 1. The monoisotopic (exact) mass is 318 g/mol. The van der Waals surface area contributed by atoms with Crippen molar-refractivity contribution >= 4 is 5.91 Å². The number of carbonyl (C=O) groups excluding carboxylic acids is 1. The summed E-state index contributed by atoms with van der Waals surface area (Å²) in [5.41, 5.74) is 1.56. The van der Waals surface area contributed by atoms with Crippen LogP contribution in [0.15, 0.2) is 12.1 Å². The van der Waals surface area contributed by atoms with E-state index in [4.69, 9.17) is 15.9 Å². The summed E-state index contributed by atoms with van der Waals surface area (Å²) in [7, 11) is 3.15. The molecule has 1 amide bonds. The first-order valence-electron chi connectivity index (χ1n) is 7.40. The van der Waals surface area contributed by atoms with Crippen molar-refractivity contribution in [2.75, 3.05) is 27.3 Å². The summed E-state index contributed by atoms with van der Waals surface area (Å²) in [4.78, 5) is 14.0. The molecule has 2 atom stereocenters. The van der Waals surface area contributed by atoms with Crippen molar-refractivity contribution in [1.82, 2.24) is 10.2 Å². The number of hydrogen-bond donors (Lipinski definition) is 2. The molecule has 6 heteroatoms. The highest BCUT2D eigenvalue weighted by Gasteiger charge is 2.33. The Balaban J connectivity index is 2.29. The van der Waals surface area contributed by atoms with E-state index in [1.807, 2.05) is 4.90 Å². The van der Waals surface area contributed by atoms with E-state index >= 15 is 0 Å². The first-order valence-corrected chi connectivity index (χ1v) is 7.40. The lowest BCUT2D eigenvalue weighted by Crippen LogP contribution is -2.48. The molecule has 1 aromatic rings. The molecule has 1 aliphatic heterocycles. The number of nitrogens with zero attached hydrogens (tertiary/aromatic N) is 1. The number of carbonyl (C=O) groups is 1. The van der Waals surface area contributed by atoms with Crippen LogP contribution in [0.3, 0.4) is 0 Å². The Bertz CT molecular complexity index is 624. The first-order chi connectivity index (χ1) is 11.0. The Morgan fingerprint density at radius 2 is 2.13 bits per heavy atom. The lowest BCUT2D eigenvalue weighted by molar-refractivity contribution is -0.126. The van der Waals surface area contributed by atoms with Gasteiger partial charge in [-0.25, -0.2) is 0 Å². The molecule has 0 aromatic heterocycles. The molecule has 2 N–H and O–H groups in total. The fourth-order valence-corrected chi connectivity index (χ4v) is 2.85. The van der Waals surface area contributed by atoms with Crippen molar-refractivity contribution in [3.05, 3.63) is 23.3 Å². The van der Waals surface area contributed by atoms with Crippen molar-refractivity contribution in [3.63, 3.8) is 0 Å². The van der Waals surface area contributed by atoms with Crippen molar-refractivity contribution in [2.45, 2.75) is 25.6 Å². The van der Waals surface area contributed by atoms with Gasteiger partial charge in [0.15, 0.2) is 0 Å². The SMILES string of the molecule is C#CCNC(=O)[C@@H](C)N1Cc2c(OC)ccc(OC)c2[C@@H](O)C1. The largest absolute Gasteiger partial charge is 0.496 e. The topological polar surface area (TPSA) is 71.0 Å². The van der Waals surface area contributed by atoms with Crippen molar-refractivity contribution < 1.29 is 19.4 Å². The van der Waals surface area contributed by atoms with Crippen LogP contribution in [0.5, 0.6) is 11.5 Å². The standard InChI is InChI=1S/C17H22N2O4/c1-5-8-18-17(21)11(2)19-9-12-14(22-3)6-7-15(23-4)16(12)13(20)10-19/h1,6-7,11,13,20H,8-10H2,2-4H3,(H,18,21)/t11-,13+/m1/s1. The molecule has 0 aliphatic carbocycles. The average Bonchev–Trinajstić information content (AvgIpc) is 2.57. The van der Waals surface area contributed by atoms with Gasteiger partial charge >= 0.3 is 0 Å². The van der Waals surface area contributed by atoms with Crippen molar-refractivity contribution in [1.29, 1.82) is 0 Å². The van der Waals surface area contributed by atoms with E-state index in [0.29, 0.717) is 24.6 Å². The Morgan fingerprint density at radius 3 is 2.74 bits per heavy atom. The number of aliphatic hydroxyl groups excluding tert-OH is 1. The van der Waals surface area contributed by atoms with Gasteiger partial charge in [0.1, 0.15) is 11.5 Å². The highest BCUT2D eigenvalue weighted by molar-refractivity contribution is 5.81. The summed E-state index contributed by atoms with van der Waals surface area (Å²) in [6, 6.07) is 3.17. The summed E-state index contributed by atoms with van der Waals surface area (Å²) in [6.07, 6.45) is 4.40. The third-order valence-electron chi connectivity index (χ3n) is 4.11. The second kappa shape index (κ2) is 7.36. The number of terminal acetylenes is 1. The molecule has 0 spiro atoms. The molecule has 124 valence electrons. The van der Waals surface area contributed by atoms with Crippen LogP contribution in [-0.2, 0) is 11.3 Å². The molecule has 1 heterocycles. The Kier molecular flexibility index (Phi) is 5.48. The zero-order chi connectivity index (χ0) is 17.0. The van der Waals surface area contributed by atoms with Gasteiger partial charge in [0.05, 0.1) is 32.9 Å². The fourth-order valence-electron chi connectivity index (χ4n) is 2.85. The molecule has 0 saturated carbocycles. The lowest BCUT2D eigenvalue weighted by atomic mass is 9.94. The van der Waals surface area contributed by atoms with E-state index in [2.05, 4.69) is 11.2 Å². The molecule has 23 heavy (non-hydrogen) atoms. The molecule has 0 unspecified atom stereocenters. The molecular formula is C17H22N2O4. The van der Waals surface area contributed by atoms with Crippen LogP contribution in [0, 0.1) is 12.3 Å². The van der Waals surface area contributed by atoms with Gasteiger partial charge in [-0.3, -0.25) is 9.69 Å². The van der Waals surface area contributed by atoms with Crippen LogP contribution in [0.1, 0.15) is 24.2 Å². The molecule has 0 bridgehead atoms. The molecule has 2 rings (SSSR count). The van der Waals surface area contributed by atoms with E-state index in [-0.39, 0.29) is 12.5 Å². The maximum atomic E-state index is 12.1. The van der Waals surface area contributed by atoms with Crippen LogP contribution >= 0.6 is 0 Å². The zero-order valence-corrected chi connectivity index (χ0v) is 13.6. The number of fused-ring (bicyclic) bond motifs is 1. The van der Waals surface area contributed by atoms with Crippen LogP contribution in [0.2, 0.25) is 0 Å². The molecular weight excluding hydrogens is 296 g/mol. The van der Waals surface area contributed by atoms with Gasteiger partial charge in [0.2, 0.25) is 5.91 Å². The number of methoxy groups -OCH3 is 2. The zero-order valence-electron chi connectivity index (χ0n) is 13.6. The minimum Gasteiger partial charge on any atom is -0.496 e. The molecule has 6 nitrogen and oxygen atoms in total. The molecule has 0 radical (unpaired) electrons. The Morgan fingerprint density at radius 1 is 1.48 bits per heavy atom. The van der Waals surface area contributed by atoms with Crippen molar-refractivity contribution in [3.8, 4) is 23.8 Å². The van der Waals surface area contributed by atoms with E-state index in [9.17, 15) is 9.90 Å². The lowest BCUT2D eigenvalue weighted by Gasteiger charge is -2.36. The molecule has 1 aromatic carbocycles. The Hall–Kier alpha value is -2.23. The minimum absolute atomic E-state index is 0.166. The van der Waals surface area contributed by atoms with E-state index in [1.54, 1.807) is 33.3 Å². The smallest absolute Gasteiger partial charge is 0.237 e. The van der Waals surface area contributed by atoms with Gasteiger partial charge in [0.25, 0.3) is 0 Å². The van der Waals surface area contributed by atoms with Gasteiger partial charge in [0, 0.05) is 24.2 Å². The van der Waals surface area contributed by atoms with E-state index in [1.165, 1.54) is 0 Å². The summed E-state index contributed by atoms with van der Waals surface area (Å²) in [6.45, 7) is 2.79. The number of benzene rings is 1. The van der Waals surface area contributed by atoms with Gasteiger partial charge in [-0.1, -0.05) is 5.92 Å². The third-order valence-corrected chi connectivity index (χ3v) is 4.11. The van der Waals surface area contributed by atoms with Crippen LogP contribution in [-0.4, -0.2) is 49.3 Å². The minimum atomic E-state index is -0.758. The number of nitrogens with one attached hydrogen (secondary N) is 1. The van der Waals surface area contributed by atoms with Crippen LogP contribution in [0.25, 0.3) is 0 Å². The first kappa shape index (κ1) is 17.1. The van der Waals surface area contributed by atoms with Gasteiger partial charge < -0.3 is 19.9 Å². The molecule has 0 fully saturated rings. The van der Waals surface area contributed by atoms with E-state index < -0.39 is 12.1 Å². The number of amides is 1. The van der Waals surface area contributed by atoms with Crippen molar-refractivity contribution in [2.24, 2.45) is 0 Å². The van der Waals surface area contributed by atoms with Gasteiger partial charge in [-0.05, 0) is 19.1 Å². The van der Waals surface area contributed by atoms with Gasteiger partial charge in [-0.2, -0.15) is 0 Å². The normalized spacial score (nSPS) is 18.5. The summed E-state index contributed by atoms with van der Waals surface area (Å²) in [5.74, 6) is 3.50. The Labute approximate surface area is 136 Å². The second-order valence-electron chi connectivity index (χ2n) is 5.41. The number of hydrogen-bond acceptors (Lipinski definition) is 5. The number of rotatable bonds is 5. The highest BCUT2D eigenvalue weighted by atomic mass is 16.5. The molecule has 1 aliphatic rings. The second-order valence-corrected chi connectivity index (χ2v) is 5.41. The van der Waals surface area contributed by atoms with Crippen LogP contribution < -0.4 is 14.8 Å². The predicted octanol–water partition coefficient (Wildman–Crippen LogP) is 0.691. The van der Waals surface area contributed by atoms with Gasteiger partial charge in [-0.15, -0.1) is 6.42 Å². The molecule has 0 saturated heterocycles.